The molecule has 2 N–H and O–H groups in total. The summed E-state index contributed by atoms with van der Waals surface area (Å²) in [5, 5.41) is 18.1. The summed E-state index contributed by atoms with van der Waals surface area (Å²) >= 11 is 5.98. The van der Waals surface area contributed by atoms with Crippen molar-refractivity contribution in [2.75, 3.05) is 7.11 Å². The molecular formula is C15H13ClO6. The fourth-order valence-corrected chi connectivity index (χ4v) is 1.87. The third-order valence-electron chi connectivity index (χ3n) is 2.60. The number of esters is 1. The lowest BCUT2D eigenvalue weighted by molar-refractivity contribution is -0.136. The molecule has 22 heavy (non-hydrogen) atoms. The molecule has 0 bridgehead atoms. The van der Waals surface area contributed by atoms with Crippen molar-refractivity contribution in [3.63, 3.8) is 0 Å². The number of ether oxygens (including phenoxy) is 1. The molecular weight excluding hydrogens is 312 g/mol. The van der Waals surface area contributed by atoms with Gasteiger partial charge in [0.15, 0.2) is 0 Å². The average Bonchev–Trinajstić information content (AvgIpc) is 2.44. The minimum Gasteiger partial charge on any atom is -0.481 e. The van der Waals surface area contributed by atoms with Gasteiger partial charge in [0.05, 0.1) is 19.1 Å². The summed E-state index contributed by atoms with van der Waals surface area (Å²) in [7, 11) is 1.11. The monoisotopic (exact) mass is 324 g/mol. The van der Waals surface area contributed by atoms with E-state index in [9.17, 15) is 14.4 Å². The molecule has 0 fully saturated rings. The topological polar surface area (TPSA) is 101 Å². The van der Waals surface area contributed by atoms with Crippen molar-refractivity contribution in [3.8, 4) is 0 Å². The van der Waals surface area contributed by atoms with E-state index in [0.717, 1.165) is 7.11 Å². The van der Waals surface area contributed by atoms with Gasteiger partial charge in [-0.3, -0.25) is 4.79 Å². The minimum atomic E-state index is -1.37. The lowest BCUT2D eigenvalue weighted by Gasteiger charge is -2.09. The number of aliphatic carboxylic acids is 2. The molecule has 0 unspecified atom stereocenters. The fourth-order valence-electron chi connectivity index (χ4n) is 1.68. The Kier molecular flexibility index (Phi) is 6.34. The smallest absolute Gasteiger partial charge is 0.338 e. The molecule has 6 nitrogen and oxygen atoms in total. The van der Waals surface area contributed by atoms with Gasteiger partial charge in [-0.25, -0.2) is 9.59 Å². The van der Waals surface area contributed by atoms with Crippen LogP contribution in [0.2, 0.25) is 5.02 Å². The van der Waals surface area contributed by atoms with E-state index in [0.29, 0.717) is 16.7 Å². The predicted molar refractivity (Wildman–Crippen MR) is 79.4 cm³/mol. The van der Waals surface area contributed by atoms with Crippen LogP contribution in [-0.4, -0.2) is 35.2 Å². The van der Waals surface area contributed by atoms with Gasteiger partial charge < -0.3 is 14.9 Å². The second-order valence-electron chi connectivity index (χ2n) is 4.15. The zero-order valence-electron chi connectivity index (χ0n) is 11.6. The van der Waals surface area contributed by atoms with Crippen LogP contribution < -0.4 is 0 Å². The maximum atomic E-state index is 11.9. The van der Waals surface area contributed by atoms with Crippen molar-refractivity contribution in [1.82, 2.24) is 0 Å². The molecule has 0 heterocycles. The molecule has 0 aliphatic carbocycles. The van der Waals surface area contributed by atoms with Crippen LogP contribution in [0.4, 0.5) is 0 Å². The molecule has 7 heteroatoms. The Labute approximate surface area is 131 Å². The molecule has 1 aromatic rings. The van der Waals surface area contributed by atoms with Crippen LogP contribution in [0, 0.1) is 0 Å². The molecule has 0 aromatic heterocycles. The molecule has 0 saturated heterocycles. The van der Waals surface area contributed by atoms with E-state index in [2.05, 4.69) is 4.74 Å². The standard InChI is InChI=1S/C15H13ClO6/c1-22-15(21)11(6-9-4-2-3-5-12(9)16)10(7-13(17)18)8-14(19)20/h2-7H,8H2,1H3,(H,17,18)(H,19,20)/b10-7-,11-6-. The van der Waals surface area contributed by atoms with Gasteiger partial charge in [0.2, 0.25) is 0 Å². The van der Waals surface area contributed by atoms with Crippen molar-refractivity contribution in [2.45, 2.75) is 6.42 Å². The van der Waals surface area contributed by atoms with Gasteiger partial charge in [0.25, 0.3) is 0 Å². The van der Waals surface area contributed by atoms with Crippen LogP contribution >= 0.6 is 11.6 Å². The number of hydrogen-bond donors (Lipinski definition) is 2. The highest BCUT2D eigenvalue weighted by molar-refractivity contribution is 6.32. The number of rotatable bonds is 6. The zero-order chi connectivity index (χ0) is 16.7. The largest absolute Gasteiger partial charge is 0.481 e. The van der Waals surface area contributed by atoms with E-state index in [4.69, 9.17) is 21.8 Å². The molecule has 0 saturated carbocycles. The van der Waals surface area contributed by atoms with Crippen molar-refractivity contribution in [3.05, 3.63) is 52.1 Å². The second kappa shape index (κ2) is 7.99. The lowest BCUT2D eigenvalue weighted by atomic mass is 9.99. The first-order chi connectivity index (χ1) is 10.3. The Morgan fingerprint density at radius 1 is 1.23 bits per heavy atom. The molecule has 0 aliphatic rings. The molecule has 0 amide bonds. The number of carbonyl (C=O) groups is 3. The highest BCUT2D eigenvalue weighted by Gasteiger charge is 2.19. The number of benzene rings is 1. The Hall–Kier alpha value is -2.60. The van der Waals surface area contributed by atoms with Gasteiger partial charge in [0, 0.05) is 11.1 Å². The SMILES string of the molecule is COC(=O)C(=C\c1ccccc1Cl)/C(=C\C(=O)O)CC(=O)O. The van der Waals surface area contributed by atoms with Gasteiger partial charge >= 0.3 is 17.9 Å². The average molecular weight is 325 g/mol. The maximum absolute atomic E-state index is 11.9. The van der Waals surface area contributed by atoms with Crippen LogP contribution in [-0.2, 0) is 19.1 Å². The molecule has 0 aliphatic heterocycles. The summed E-state index contributed by atoms with van der Waals surface area (Å²) in [6.45, 7) is 0. The van der Waals surface area contributed by atoms with Crippen molar-refractivity contribution in [2.24, 2.45) is 0 Å². The highest BCUT2D eigenvalue weighted by atomic mass is 35.5. The third-order valence-corrected chi connectivity index (χ3v) is 2.94. The Morgan fingerprint density at radius 3 is 2.36 bits per heavy atom. The van der Waals surface area contributed by atoms with Gasteiger partial charge in [-0.2, -0.15) is 0 Å². The first kappa shape index (κ1) is 17.5. The number of carboxylic acids is 2. The Balaban J connectivity index is 3.43. The van der Waals surface area contributed by atoms with Crippen molar-refractivity contribution >= 4 is 35.6 Å². The van der Waals surface area contributed by atoms with E-state index in [-0.39, 0.29) is 11.1 Å². The van der Waals surface area contributed by atoms with Crippen LogP contribution in [0.3, 0.4) is 0 Å². The van der Waals surface area contributed by atoms with Crippen LogP contribution in [0.15, 0.2) is 41.5 Å². The fraction of sp³-hybridized carbons (Fsp3) is 0.133. The first-order valence-electron chi connectivity index (χ1n) is 6.05. The molecule has 0 radical (unpaired) electrons. The number of halogens is 1. The molecule has 0 spiro atoms. The zero-order valence-corrected chi connectivity index (χ0v) is 12.3. The lowest BCUT2D eigenvalue weighted by Crippen LogP contribution is -2.11. The summed E-state index contributed by atoms with van der Waals surface area (Å²) in [5.74, 6) is -3.50. The van der Waals surface area contributed by atoms with Crippen molar-refractivity contribution in [1.29, 1.82) is 0 Å². The van der Waals surface area contributed by atoms with Crippen LogP contribution in [0.25, 0.3) is 6.08 Å². The van der Waals surface area contributed by atoms with Crippen molar-refractivity contribution < 1.29 is 29.3 Å². The number of methoxy groups -OCH3 is 1. The van der Waals surface area contributed by atoms with Gasteiger partial charge in [0.1, 0.15) is 0 Å². The number of carboxylic acid groups (broad SMARTS) is 2. The van der Waals surface area contributed by atoms with Crippen LogP contribution in [0.1, 0.15) is 12.0 Å². The minimum absolute atomic E-state index is 0.180. The maximum Gasteiger partial charge on any atom is 0.338 e. The normalized spacial score (nSPS) is 11.9. The summed E-state index contributed by atoms with van der Waals surface area (Å²) in [6, 6.07) is 6.54. The van der Waals surface area contributed by atoms with Gasteiger partial charge in [-0.15, -0.1) is 0 Å². The Bertz CT molecular complexity index is 660. The third kappa shape index (κ3) is 5.06. The first-order valence-corrected chi connectivity index (χ1v) is 6.43. The van der Waals surface area contributed by atoms with Gasteiger partial charge in [-0.1, -0.05) is 29.8 Å². The summed E-state index contributed by atoms with van der Waals surface area (Å²) in [6.07, 6.45) is 1.32. The highest BCUT2D eigenvalue weighted by Crippen LogP contribution is 2.23. The number of hydrogen-bond acceptors (Lipinski definition) is 4. The second-order valence-corrected chi connectivity index (χ2v) is 4.56. The molecule has 0 atom stereocenters. The molecule has 1 aromatic carbocycles. The van der Waals surface area contributed by atoms with Crippen LogP contribution in [0.5, 0.6) is 0 Å². The van der Waals surface area contributed by atoms with E-state index < -0.39 is 24.3 Å². The summed E-state index contributed by atoms with van der Waals surface area (Å²) in [4.78, 5) is 33.6. The quantitative estimate of drug-likeness (QED) is 0.473. The summed E-state index contributed by atoms with van der Waals surface area (Å²) in [5.41, 5.74) is 0.0680. The van der Waals surface area contributed by atoms with E-state index in [1.165, 1.54) is 6.08 Å². The molecule has 116 valence electrons. The van der Waals surface area contributed by atoms with Gasteiger partial charge in [-0.05, 0) is 23.3 Å². The van der Waals surface area contributed by atoms with E-state index in [1.807, 2.05) is 0 Å². The summed E-state index contributed by atoms with van der Waals surface area (Å²) < 4.78 is 4.59. The predicted octanol–water partition coefficient (Wildman–Crippen LogP) is 2.38. The van der Waals surface area contributed by atoms with E-state index in [1.54, 1.807) is 24.3 Å². The number of carbonyl (C=O) groups excluding carboxylic acids is 1. The molecule has 1 rings (SSSR count). The van der Waals surface area contributed by atoms with E-state index >= 15 is 0 Å². The Morgan fingerprint density at radius 2 is 1.86 bits per heavy atom.